The summed E-state index contributed by atoms with van der Waals surface area (Å²) in [5.41, 5.74) is 2.04. The molecule has 1 N–H and O–H groups in total. The van der Waals surface area contributed by atoms with Gasteiger partial charge in [0, 0.05) is 29.9 Å². The quantitative estimate of drug-likeness (QED) is 0.800. The molecule has 1 saturated heterocycles. The second-order valence-electron chi connectivity index (χ2n) is 6.77. The molecule has 4 nitrogen and oxygen atoms in total. The van der Waals surface area contributed by atoms with Gasteiger partial charge in [-0.15, -0.1) is 11.3 Å². The van der Waals surface area contributed by atoms with Crippen molar-refractivity contribution >= 4 is 34.0 Å². The minimum Gasteiger partial charge on any atom is -0.302 e. The number of anilines is 1. The molecule has 6 heteroatoms. The largest absolute Gasteiger partial charge is 0.302 e. The number of likely N-dealkylation sites (tertiary alicyclic amines) is 1. The minimum atomic E-state index is -0.0209. The molecule has 1 atom stereocenters. The molecule has 0 radical (unpaired) electrons. The molecular weight excluding hydrogens is 354 g/mol. The van der Waals surface area contributed by atoms with E-state index in [2.05, 4.69) is 22.1 Å². The highest BCUT2D eigenvalue weighted by atomic mass is 35.5. The summed E-state index contributed by atoms with van der Waals surface area (Å²) in [7, 11) is 0. The maximum Gasteiger partial charge on any atom is 0.226 e. The Kier molecular flexibility index (Phi) is 6.45. The zero-order valence-electron chi connectivity index (χ0n) is 14.5. The maximum atomic E-state index is 12.1. The summed E-state index contributed by atoms with van der Waals surface area (Å²) in [6.07, 6.45) is 3.62. The molecule has 3 rings (SSSR count). The van der Waals surface area contributed by atoms with Gasteiger partial charge in [-0.05, 0) is 43.4 Å². The number of aromatic nitrogens is 1. The van der Waals surface area contributed by atoms with Crippen LogP contribution in [0.5, 0.6) is 0 Å². The van der Waals surface area contributed by atoms with Crippen molar-refractivity contribution in [1.82, 2.24) is 9.88 Å². The SMILES string of the molecule is C[C@@H]1CCCN(Cc2csc(NC(=O)CCc3ccccc3Cl)n2)C1. The Morgan fingerprint density at radius 2 is 2.28 bits per heavy atom. The van der Waals surface area contributed by atoms with Crippen molar-refractivity contribution in [3.05, 3.63) is 45.9 Å². The molecule has 2 heterocycles. The highest BCUT2D eigenvalue weighted by Gasteiger charge is 2.17. The van der Waals surface area contributed by atoms with E-state index < -0.39 is 0 Å². The van der Waals surface area contributed by atoms with Crippen LogP contribution in [0, 0.1) is 5.92 Å². The third kappa shape index (κ3) is 5.53. The molecule has 0 saturated carbocycles. The van der Waals surface area contributed by atoms with Crippen molar-refractivity contribution in [2.24, 2.45) is 5.92 Å². The second-order valence-corrected chi connectivity index (χ2v) is 8.03. The van der Waals surface area contributed by atoms with Crippen LogP contribution in [0.4, 0.5) is 5.13 Å². The van der Waals surface area contributed by atoms with Gasteiger partial charge in [-0.25, -0.2) is 4.98 Å². The Bertz CT molecular complexity index is 718. The average molecular weight is 378 g/mol. The van der Waals surface area contributed by atoms with Gasteiger partial charge in [-0.2, -0.15) is 0 Å². The predicted molar refractivity (Wildman–Crippen MR) is 104 cm³/mol. The number of carbonyl (C=O) groups excluding carboxylic acids is 1. The fraction of sp³-hybridized carbons (Fsp3) is 0.474. The normalized spacial score (nSPS) is 18.2. The maximum absolute atomic E-state index is 12.1. The lowest BCUT2D eigenvalue weighted by atomic mass is 10.0. The highest BCUT2D eigenvalue weighted by Crippen LogP contribution is 2.21. The van der Waals surface area contributed by atoms with Crippen LogP contribution in [-0.2, 0) is 17.8 Å². The molecule has 25 heavy (non-hydrogen) atoms. The summed E-state index contributed by atoms with van der Waals surface area (Å²) in [5.74, 6) is 0.740. The number of amides is 1. The number of nitrogens with one attached hydrogen (secondary N) is 1. The number of carbonyl (C=O) groups is 1. The first-order valence-corrected chi connectivity index (χ1v) is 10.1. The second kappa shape index (κ2) is 8.79. The van der Waals surface area contributed by atoms with Crippen LogP contribution in [0.3, 0.4) is 0 Å². The standard InChI is InChI=1S/C19H24ClN3OS/c1-14-5-4-10-23(11-14)12-16-13-25-19(21-16)22-18(24)9-8-15-6-2-3-7-17(15)20/h2-3,6-7,13-14H,4-5,8-12H2,1H3,(H,21,22,24)/t14-/m1/s1. The molecule has 0 spiro atoms. The summed E-state index contributed by atoms with van der Waals surface area (Å²) in [5, 5.41) is 6.34. The first kappa shape index (κ1) is 18.4. The van der Waals surface area contributed by atoms with Crippen LogP contribution in [0.1, 0.15) is 37.4 Å². The molecule has 0 unspecified atom stereocenters. The Morgan fingerprint density at radius 1 is 1.44 bits per heavy atom. The van der Waals surface area contributed by atoms with E-state index in [1.807, 2.05) is 29.6 Å². The van der Waals surface area contributed by atoms with Gasteiger partial charge in [0.25, 0.3) is 0 Å². The molecule has 1 aliphatic rings. The predicted octanol–water partition coefficient (Wildman–Crippen LogP) is 4.60. The van der Waals surface area contributed by atoms with Crippen LogP contribution in [0.15, 0.2) is 29.6 Å². The van der Waals surface area contributed by atoms with E-state index in [4.69, 9.17) is 11.6 Å². The number of aryl methyl sites for hydroxylation is 1. The smallest absolute Gasteiger partial charge is 0.226 e. The number of halogens is 1. The third-order valence-electron chi connectivity index (χ3n) is 4.50. The minimum absolute atomic E-state index is 0.0209. The number of hydrogen-bond acceptors (Lipinski definition) is 4. The first-order valence-electron chi connectivity index (χ1n) is 8.80. The lowest BCUT2D eigenvalue weighted by Gasteiger charge is -2.30. The van der Waals surface area contributed by atoms with E-state index in [9.17, 15) is 4.79 Å². The highest BCUT2D eigenvalue weighted by molar-refractivity contribution is 7.13. The fourth-order valence-corrected chi connectivity index (χ4v) is 4.18. The molecular formula is C19H24ClN3OS. The van der Waals surface area contributed by atoms with Gasteiger partial charge < -0.3 is 5.32 Å². The van der Waals surface area contributed by atoms with Crippen molar-refractivity contribution in [2.75, 3.05) is 18.4 Å². The zero-order valence-corrected chi connectivity index (χ0v) is 16.1. The number of hydrogen-bond donors (Lipinski definition) is 1. The average Bonchev–Trinajstić information content (AvgIpc) is 3.01. The van der Waals surface area contributed by atoms with Gasteiger partial charge >= 0.3 is 0 Å². The van der Waals surface area contributed by atoms with Crippen molar-refractivity contribution in [3.63, 3.8) is 0 Å². The Hall–Kier alpha value is -1.43. The molecule has 134 valence electrons. The number of piperidine rings is 1. The van der Waals surface area contributed by atoms with Crippen LogP contribution in [-0.4, -0.2) is 28.9 Å². The number of benzene rings is 1. The molecule has 1 fully saturated rings. The molecule has 0 bridgehead atoms. The molecule has 1 aromatic carbocycles. The Labute approximate surface area is 158 Å². The van der Waals surface area contributed by atoms with Crippen LogP contribution >= 0.6 is 22.9 Å². The van der Waals surface area contributed by atoms with E-state index in [1.54, 1.807) is 0 Å². The van der Waals surface area contributed by atoms with E-state index in [0.29, 0.717) is 23.0 Å². The summed E-state index contributed by atoms with van der Waals surface area (Å²) in [6, 6.07) is 7.64. The molecule has 2 aromatic rings. The van der Waals surface area contributed by atoms with Crippen molar-refractivity contribution < 1.29 is 4.79 Å². The zero-order chi connectivity index (χ0) is 17.6. The lowest BCUT2D eigenvalue weighted by molar-refractivity contribution is -0.116. The van der Waals surface area contributed by atoms with E-state index in [0.717, 1.165) is 36.8 Å². The van der Waals surface area contributed by atoms with Gasteiger partial charge in [0.05, 0.1) is 5.69 Å². The molecule has 1 amide bonds. The first-order chi connectivity index (χ1) is 12.1. The lowest BCUT2D eigenvalue weighted by Crippen LogP contribution is -2.33. The number of nitrogens with zero attached hydrogens (tertiary/aromatic N) is 2. The molecule has 0 aliphatic carbocycles. The Balaban J connectivity index is 1.47. The Morgan fingerprint density at radius 3 is 3.08 bits per heavy atom. The summed E-state index contributed by atoms with van der Waals surface area (Å²) >= 11 is 7.62. The van der Waals surface area contributed by atoms with Gasteiger partial charge in [0.1, 0.15) is 0 Å². The fourth-order valence-electron chi connectivity index (χ4n) is 3.23. The van der Waals surface area contributed by atoms with Gasteiger partial charge in [-0.3, -0.25) is 9.69 Å². The monoisotopic (exact) mass is 377 g/mol. The van der Waals surface area contributed by atoms with E-state index >= 15 is 0 Å². The van der Waals surface area contributed by atoms with Crippen molar-refractivity contribution in [1.29, 1.82) is 0 Å². The molecule has 1 aromatic heterocycles. The van der Waals surface area contributed by atoms with E-state index in [1.165, 1.54) is 24.2 Å². The van der Waals surface area contributed by atoms with Crippen LogP contribution in [0.25, 0.3) is 0 Å². The number of thiazole rings is 1. The van der Waals surface area contributed by atoms with Crippen LogP contribution in [0.2, 0.25) is 5.02 Å². The van der Waals surface area contributed by atoms with Gasteiger partial charge in [-0.1, -0.05) is 36.7 Å². The summed E-state index contributed by atoms with van der Waals surface area (Å²) in [6.45, 7) is 5.45. The van der Waals surface area contributed by atoms with Crippen molar-refractivity contribution in [3.8, 4) is 0 Å². The van der Waals surface area contributed by atoms with E-state index in [-0.39, 0.29) is 5.91 Å². The number of rotatable bonds is 6. The van der Waals surface area contributed by atoms with Crippen molar-refractivity contribution in [2.45, 2.75) is 39.2 Å². The van der Waals surface area contributed by atoms with Crippen LogP contribution < -0.4 is 5.32 Å². The topological polar surface area (TPSA) is 45.2 Å². The third-order valence-corrected chi connectivity index (χ3v) is 5.68. The molecule has 1 aliphatic heterocycles. The summed E-state index contributed by atoms with van der Waals surface area (Å²) in [4.78, 5) is 19.2. The van der Waals surface area contributed by atoms with Gasteiger partial charge in [0.15, 0.2) is 5.13 Å². The van der Waals surface area contributed by atoms with Gasteiger partial charge in [0.2, 0.25) is 5.91 Å². The summed E-state index contributed by atoms with van der Waals surface area (Å²) < 4.78 is 0.